The predicted molar refractivity (Wildman–Crippen MR) is 141 cm³/mol. The van der Waals surface area contributed by atoms with Crippen molar-refractivity contribution < 1.29 is 0 Å². The molecular weight excluding hydrogens is 402 g/mol. The number of aromatic nitrogens is 3. The Morgan fingerprint density at radius 2 is 1.61 bits per heavy atom. The molecule has 0 radical (unpaired) electrons. The Balaban J connectivity index is 1.85. The fourth-order valence-electron chi connectivity index (χ4n) is 5.46. The summed E-state index contributed by atoms with van der Waals surface area (Å²) in [5.74, 6) is 1.25. The Morgan fingerprint density at radius 1 is 0.909 bits per heavy atom. The number of hydrogen-bond donors (Lipinski definition) is 0. The molecule has 5 rings (SSSR count). The van der Waals surface area contributed by atoms with E-state index in [1.807, 2.05) is 12.1 Å². The topological polar surface area (TPSA) is 22.8 Å². The zero-order valence-corrected chi connectivity index (χ0v) is 20.4. The molecule has 0 saturated heterocycles. The minimum atomic E-state index is 0.316. The summed E-state index contributed by atoms with van der Waals surface area (Å²) >= 11 is 0. The van der Waals surface area contributed by atoms with Crippen LogP contribution in [-0.2, 0) is 7.05 Å². The lowest BCUT2D eigenvalue weighted by molar-refractivity contribution is 0.752. The average Bonchev–Trinajstić information content (AvgIpc) is 3.27. The molecule has 0 atom stereocenters. The predicted octanol–water partition coefficient (Wildman–Crippen LogP) is 7.88. The van der Waals surface area contributed by atoms with Crippen molar-refractivity contribution in [2.24, 2.45) is 7.05 Å². The molecule has 3 heteroatoms. The largest absolute Gasteiger partial charge is 0.313 e. The molecule has 0 bridgehead atoms. The maximum Gasteiger partial charge on any atom is 0.215 e. The molecule has 166 valence electrons. The molecule has 2 heterocycles. The standard InChI is InChI=1S/C30H31N3/c1-8-23-24-17-22(28-20(5)15-19(4)16-21(28)6)13-14-26(24)33(29(23)18(2)3)30-31-25-11-9-10-12-27(25)32(30)7/h8-18H,1H2,2-7H3. The van der Waals surface area contributed by atoms with Crippen LogP contribution >= 0.6 is 0 Å². The van der Waals surface area contributed by atoms with E-state index in [4.69, 9.17) is 4.98 Å². The average molecular weight is 434 g/mol. The maximum absolute atomic E-state index is 5.03. The lowest BCUT2D eigenvalue weighted by Crippen LogP contribution is -2.08. The molecule has 3 nitrogen and oxygen atoms in total. The van der Waals surface area contributed by atoms with Crippen LogP contribution in [0.1, 0.15) is 47.7 Å². The zero-order valence-electron chi connectivity index (χ0n) is 20.4. The summed E-state index contributed by atoms with van der Waals surface area (Å²) in [6.45, 7) is 15.3. The summed E-state index contributed by atoms with van der Waals surface area (Å²) in [5, 5.41) is 1.22. The van der Waals surface area contributed by atoms with Crippen molar-refractivity contribution in [1.82, 2.24) is 14.1 Å². The first kappa shape index (κ1) is 21.3. The molecule has 0 aliphatic rings. The van der Waals surface area contributed by atoms with Gasteiger partial charge in [-0.1, -0.05) is 62.4 Å². The molecule has 0 unspecified atom stereocenters. The van der Waals surface area contributed by atoms with E-state index in [0.29, 0.717) is 5.92 Å². The van der Waals surface area contributed by atoms with Gasteiger partial charge >= 0.3 is 0 Å². The van der Waals surface area contributed by atoms with Gasteiger partial charge in [0.05, 0.1) is 16.6 Å². The first-order valence-corrected chi connectivity index (χ1v) is 11.6. The van der Waals surface area contributed by atoms with Gasteiger partial charge in [-0.25, -0.2) is 4.98 Å². The molecule has 2 aromatic heterocycles. The van der Waals surface area contributed by atoms with Crippen molar-refractivity contribution in [2.45, 2.75) is 40.5 Å². The normalized spacial score (nSPS) is 11.7. The number of fused-ring (bicyclic) bond motifs is 2. The smallest absolute Gasteiger partial charge is 0.215 e. The third kappa shape index (κ3) is 3.22. The van der Waals surface area contributed by atoms with Crippen molar-refractivity contribution in [3.05, 3.63) is 89.1 Å². The van der Waals surface area contributed by atoms with Crippen LogP contribution in [-0.4, -0.2) is 14.1 Å². The summed E-state index contributed by atoms with van der Waals surface area (Å²) in [4.78, 5) is 5.03. The highest BCUT2D eigenvalue weighted by atomic mass is 15.2. The van der Waals surface area contributed by atoms with Gasteiger partial charge in [-0.3, -0.25) is 4.57 Å². The maximum atomic E-state index is 5.03. The van der Waals surface area contributed by atoms with Crippen LogP contribution in [0.15, 0.2) is 61.2 Å². The molecule has 33 heavy (non-hydrogen) atoms. The fourth-order valence-corrected chi connectivity index (χ4v) is 5.46. The van der Waals surface area contributed by atoms with Crippen molar-refractivity contribution in [3.63, 3.8) is 0 Å². The van der Waals surface area contributed by atoms with Crippen molar-refractivity contribution in [3.8, 4) is 17.1 Å². The van der Waals surface area contributed by atoms with E-state index < -0.39 is 0 Å². The highest BCUT2D eigenvalue weighted by Gasteiger charge is 2.23. The molecule has 0 amide bonds. The minimum absolute atomic E-state index is 0.316. The van der Waals surface area contributed by atoms with E-state index in [-0.39, 0.29) is 0 Å². The molecule has 0 N–H and O–H groups in total. The SMILES string of the molecule is C=Cc1c(C(C)C)n(-c2nc3ccccc3n2C)c2ccc(-c3c(C)cc(C)cc3C)cc12. The second-order valence-corrected chi connectivity index (χ2v) is 9.46. The third-order valence-electron chi connectivity index (χ3n) is 6.72. The zero-order chi connectivity index (χ0) is 23.4. The number of aryl methyl sites for hydroxylation is 4. The Kier molecular flexibility index (Phi) is 5.01. The number of nitrogens with zero attached hydrogens (tertiary/aromatic N) is 3. The van der Waals surface area contributed by atoms with Gasteiger partial charge in [0.25, 0.3) is 0 Å². The lowest BCUT2D eigenvalue weighted by atomic mass is 9.92. The van der Waals surface area contributed by atoms with E-state index in [1.165, 1.54) is 44.5 Å². The summed E-state index contributed by atoms with van der Waals surface area (Å²) in [6, 6.07) is 19.7. The number of imidazole rings is 1. The first-order chi connectivity index (χ1) is 15.8. The Labute approximate surface area is 196 Å². The van der Waals surface area contributed by atoms with E-state index in [9.17, 15) is 0 Å². The van der Waals surface area contributed by atoms with Gasteiger partial charge in [-0.05, 0) is 73.2 Å². The fraction of sp³-hybridized carbons (Fsp3) is 0.233. The van der Waals surface area contributed by atoms with Crippen molar-refractivity contribution in [1.29, 1.82) is 0 Å². The summed E-state index contributed by atoms with van der Waals surface area (Å²) in [6.07, 6.45) is 2.01. The van der Waals surface area contributed by atoms with E-state index in [2.05, 4.69) is 106 Å². The van der Waals surface area contributed by atoms with Crippen molar-refractivity contribution >= 4 is 28.0 Å². The molecule has 0 aliphatic carbocycles. The van der Waals surface area contributed by atoms with Gasteiger partial charge in [0.2, 0.25) is 5.95 Å². The van der Waals surface area contributed by atoms with Crippen LogP contribution in [0, 0.1) is 20.8 Å². The Morgan fingerprint density at radius 3 is 2.24 bits per heavy atom. The van der Waals surface area contributed by atoms with E-state index >= 15 is 0 Å². The van der Waals surface area contributed by atoms with Crippen LogP contribution in [0.2, 0.25) is 0 Å². The summed E-state index contributed by atoms with van der Waals surface area (Å²) in [5.41, 5.74) is 12.2. The number of benzene rings is 3. The number of hydrogen-bond acceptors (Lipinski definition) is 1. The molecule has 0 fully saturated rings. The highest BCUT2D eigenvalue weighted by molar-refractivity contribution is 5.96. The van der Waals surface area contributed by atoms with Gasteiger partial charge in [0.1, 0.15) is 0 Å². The van der Waals surface area contributed by atoms with Gasteiger partial charge in [0, 0.05) is 23.7 Å². The van der Waals surface area contributed by atoms with Gasteiger partial charge in [-0.15, -0.1) is 0 Å². The number of rotatable bonds is 4. The van der Waals surface area contributed by atoms with Crippen LogP contribution < -0.4 is 0 Å². The van der Waals surface area contributed by atoms with Gasteiger partial charge < -0.3 is 4.57 Å². The quantitative estimate of drug-likeness (QED) is 0.283. The monoisotopic (exact) mass is 433 g/mol. The first-order valence-electron chi connectivity index (χ1n) is 11.6. The van der Waals surface area contributed by atoms with E-state index in [0.717, 1.165) is 22.5 Å². The second kappa shape index (κ2) is 7.77. The molecule has 5 aromatic rings. The molecule has 0 aliphatic heterocycles. The summed E-state index contributed by atoms with van der Waals surface area (Å²) in [7, 11) is 2.10. The number of para-hydroxylation sites is 2. The lowest BCUT2D eigenvalue weighted by Gasteiger charge is -2.14. The van der Waals surface area contributed by atoms with Crippen molar-refractivity contribution in [2.75, 3.05) is 0 Å². The Bertz CT molecular complexity index is 1520. The summed E-state index contributed by atoms with van der Waals surface area (Å²) < 4.78 is 4.52. The molecule has 0 saturated carbocycles. The van der Waals surface area contributed by atoms with Crippen LogP contribution in [0.5, 0.6) is 0 Å². The van der Waals surface area contributed by atoms with Crippen LogP contribution in [0.4, 0.5) is 0 Å². The van der Waals surface area contributed by atoms with Crippen LogP contribution in [0.3, 0.4) is 0 Å². The van der Waals surface area contributed by atoms with Gasteiger partial charge in [-0.2, -0.15) is 0 Å². The van der Waals surface area contributed by atoms with Crippen LogP contribution in [0.25, 0.3) is 45.1 Å². The minimum Gasteiger partial charge on any atom is -0.313 e. The van der Waals surface area contributed by atoms with E-state index in [1.54, 1.807) is 0 Å². The highest BCUT2D eigenvalue weighted by Crippen LogP contribution is 2.38. The molecular formula is C30H31N3. The third-order valence-corrected chi connectivity index (χ3v) is 6.72. The molecule has 0 spiro atoms. The van der Waals surface area contributed by atoms with Gasteiger partial charge in [0.15, 0.2) is 0 Å². The Hall–Kier alpha value is -3.59. The second-order valence-electron chi connectivity index (χ2n) is 9.46. The molecule has 3 aromatic carbocycles.